The molecule has 1 saturated carbocycles. The third-order valence-electron chi connectivity index (χ3n) is 3.77. The molecule has 1 aromatic carbocycles. The maximum absolute atomic E-state index is 11.0. The van der Waals surface area contributed by atoms with Crippen LogP contribution in [0.1, 0.15) is 56.1 Å². The van der Waals surface area contributed by atoms with Crippen molar-refractivity contribution in [3.63, 3.8) is 0 Å². The Bertz CT molecular complexity index is 492. The van der Waals surface area contributed by atoms with Crippen LogP contribution in [0.4, 0.5) is 0 Å². The van der Waals surface area contributed by atoms with Gasteiger partial charge in [-0.05, 0) is 41.9 Å². The number of phenols is 1. The molecule has 1 unspecified atom stereocenters. The lowest BCUT2D eigenvalue weighted by Gasteiger charge is -2.19. The van der Waals surface area contributed by atoms with Gasteiger partial charge in [-0.3, -0.25) is 4.79 Å². The van der Waals surface area contributed by atoms with Gasteiger partial charge >= 0.3 is 5.97 Å². The molecule has 2 rings (SSSR count). The van der Waals surface area contributed by atoms with Gasteiger partial charge in [-0.1, -0.05) is 31.5 Å². The molecule has 19 heavy (non-hydrogen) atoms. The van der Waals surface area contributed by atoms with Crippen molar-refractivity contribution in [2.75, 3.05) is 0 Å². The van der Waals surface area contributed by atoms with Crippen LogP contribution < -0.4 is 0 Å². The van der Waals surface area contributed by atoms with Crippen LogP contribution in [-0.4, -0.2) is 16.2 Å². The Labute approximate surface area is 118 Å². The Morgan fingerprint density at radius 1 is 1.42 bits per heavy atom. The van der Waals surface area contributed by atoms with Gasteiger partial charge in [0, 0.05) is 5.92 Å². The smallest absolute Gasteiger partial charge is 0.303 e. The van der Waals surface area contributed by atoms with Crippen molar-refractivity contribution < 1.29 is 15.0 Å². The van der Waals surface area contributed by atoms with Crippen molar-refractivity contribution in [3.05, 3.63) is 28.3 Å². The first-order valence-corrected chi connectivity index (χ1v) is 7.02. The second kappa shape index (κ2) is 5.41. The van der Waals surface area contributed by atoms with Gasteiger partial charge in [0.25, 0.3) is 0 Å². The van der Waals surface area contributed by atoms with Crippen LogP contribution >= 0.6 is 11.6 Å². The van der Waals surface area contributed by atoms with Gasteiger partial charge in [0.1, 0.15) is 5.75 Å². The molecule has 1 fully saturated rings. The molecule has 0 radical (unpaired) electrons. The van der Waals surface area contributed by atoms with E-state index in [0.29, 0.717) is 22.4 Å². The van der Waals surface area contributed by atoms with E-state index in [1.807, 2.05) is 6.07 Å². The van der Waals surface area contributed by atoms with E-state index in [9.17, 15) is 9.90 Å². The highest BCUT2D eigenvalue weighted by molar-refractivity contribution is 6.32. The second-order valence-corrected chi connectivity index (χ2v) is 6.04. The SMILES string of the molecule is CC(C)c1cc(Cl)c(O)c(C(CC(=O)O)C2CC2)c1. The van der Waals surface area contributed by atoms with Crippen LogP contribution in [0.3, 0.4) is 0 Å². The summed E-state index contributed by atoms with van der Waals surface area (Å²) < 4.78 is 0. The van der Waals surface area contributed by atoms with Crippen LogP contribution in [0.2, 0.25) is 5.02 Å². The Morgan fingerprint density at radius 2 is 2.05 bits per heavy atom. The summed E-state index contributed by atoms with van der Waals surface area (Å²) >= 11 is 6.07. The minimum atomic E-state index is -0.831. The Hall–Kier alpha value is -1.22. The van der Waals surface area contributed by atoms with Gasteiger partial charge in [0.15, 0.2) is 0 Å². The van der Waals surface area contributed by atoms with Crippen LogP contribution in [0.15, 0.2) is 12.1 Å². The van der Waals surface area contributed by atoms with E-state index >= 15 is 0 Å². The van der Waals surface area contributed by atoms with Gasteiger partial charge in [0.2, 0.25) is 0 Å². The Balaban J connectivity index is 2.42. The van der Waals surface area contributed by atoms with Crippen molar-refractivity contribution in [1.82, 2.24) is 0 Å². The minimum absolute atomic E-state index is 0.0456. The average molecular weight is 283 g/mol. The predicted octanol–water partition coefficient (Wildman–Crippen LogP) is 4.14. The first kappa shape index (κ1) is 14.2. The maximum Gasteiger partial charge on any atom is 0.303 e. The molecule has 4 heteroatoms. The van der Waals surface area contributed by atoms with Crippen molar-refractivity contribution in [2.45, 2.75) is 44.9 Å². The summed E-state index contributed by atoms with van der Waals surface area (Å²) in [6.07, 6.45) is 2.11. The molecule has 1 atom stereocenters. The molecule has 0 saturated heterocycles. The molecule has 0 spiro atoms. The fourth-order valence-corrected chi connectivity index (χ4v) is 2.71. The number of benzene rings is 1. The lowest BCUT2D eigenvalue weighted by atomic mass is 9.87. The first-order valence-electron chi connectivity index (χ1n) is 6.64. The summed E-state index contributed by atoms with van der Waals surface area (Å²) in [7, 11) is 0. The third kappa shape index (κ3) is 3.21. The summed E-state index contributed by atoms with van der Waals surface area (Å²) in [5.41, 5.74) is 1.73. The van der Waals surface area contributed by atoms with Gasteiger partial charge in [-0.25, -0.2) is 0 Å². The summed E-state index contributed by atoms with van der Waals surface area (Å²) in [6.45, 7) is 4.10. The number of halogens is 1. The van der Waals surface area contributed by atoms with Crippen LogP contribution in [0.25, 0.3) is 0 Å². The number of aliphatic carboxylic acids is 1. The quantitative estimate of drug-likeness (QED) is 0.853. The van der Waals surface area contributed by atoms with E-state index in [4.69, 9.17) is 16.7 Å². The zero-order valence-corrected chi connectivity index (χ0v) is 11.9. The van der Waals surface area contributed by atoms with Gasteiger partial charge in [-0.2, -0.15) is 0 Å². The normalized spacial score (nSPS) is 16.6. The van der Waals surface area contributed by atoms with Crippen molar-refractivity contribution >= 4 is 17.6 Å². The molecular formula is C15H19ClO3. The zero-order chi connectivity index (χ0) is 14.2. The van der Waals surface area contributed by atoms with Gasteiger partial charge in [-0.15, -0.1) is 0 Å². The van der Waals surface area contributed by atoms with Gasteiger partial charge in [0.05, 0.1) is 11.4 Å². The fourth-order valence-electron chi connectivity index (χ4n) is 2.48. The summed E-state index contributed by atoms with van der Waals surface area (Å²) in [5, 5.41) is 19.5. The predicted molar refractivity (Wildman–Crippen MR) is 74.9 cm³/mol. The first-order chi connectivity index (χ1) is 8.90. The number of phenolic OH excluding ortho intramolecular Hbond substituents is 1. The van der Waals surface area contributed by atoms with Crippen molar-refractivity contribution in [2.24, 2.45) is 5.92 Å². The van der Waals surface area contributed by atoms with Crippen molar-refractivity contribution in [1.29, 1.82) is 0 Å². The standard InChI is InChI=1S/C15H19ClO3/c1-8(2)10-5-12(15(19)13(16)6-10)11(7-14(17)18)9-3-4-9/h5-6,8-9,11,19H,3-4,7H2,1-2H3,(H,17,18). The largest absolute Gasteiger partial charge is 0.506 e. The van der Waals surface area contributed by atoms with E-state index in [1.165, 1.54) is 0 Å². The van der Waals surface area contributed by atoms with E-state index in [2.05, 4.69) is 13.8 Å². The summed E-state index contributed by atoms with van der Waals surface area (Å²) in [5.74, 6) is -0.262. The number of aromatic hydroxyl groups is 1. The van der Waals surface area contributed by atoms with E-state index in [0.717, 1.165) is 18.4 Å². The van der Waals surface area contributed by atoms with Crippen LogP contribution in [0.5, 0.6) is 5.75 Å². The molecule has 0 heterocycles. The molecule has 104 valence electrons. The van der Waals surface area contributed by atoms with E-state index < -0.39 is 5.97 Å². The Kier molecular flexibility index (Phi) is 4.04. The number of carbonyl (C=O) groups is 1. The molecule has 0 aliphatic heterocycles. The zero-order valence-electron chi connectivity index (χ0n) is 11.2. The number of carboxylic acid groups (broad SMARTS) is 1. The number of hydrogen-bond acceptors (Lipinski definition) is 2. The topological polar surface area (TPSA) is 57.5 Å². The highest BCUT2D eigenvalue weighted by Gasteiger charge is 2.35. The highest BCUT2D eigenvalue weighted by Crippen LogP contribution is 2.48. The average Bonchev–Trinajstić information content (AvgIpc) is 3.13. The molecule has 0 bridgehead atoms. The molecule has 2 N–H and O–H groups in total. The number of carboxylic acids is 1. The molecule has 1 aliphatic rings. The lowest BCUT2D eigenvalue weighted by Crippen LogP contribution is -2.09. The monoisotopic (exact) mass is 282 g/mol. The molecule has 0 aromatic heterocycles. The lowest BCUT2D eigenvalue weighted by molar-refractivity contribution is -0.137. The molecule has 3 nitrogen and oxygen atoms in total. The molecular weight excluding hydrogens is 264 g/mol. The van der Waals surface area contributed by atoms with E-state index in [1.54, 1.807) is 6.07 Å². The summed E-state index contributed by atoms with van der Waals surface area (Å²) in [6, 6.07) is 3.67. The number of hydrogen-bond donors (Lipinski definition) is 2. The minimum Gasteiger partial charge on any atom is -0.506 e. The van der Waals surface area contributed by atoms with Crippen LogP contribution in [0, 0.1) is 5.92 Å². The molecule has 1 aliphatic carbocycles. The summed E-state index contributed by atoms with van der Waals surface area (Å²) in [4.78, 5) is 11.0. The molecule has 1 aromatic rings. The fraction of sp³-hybridized carbons (Fsp3) is 0.533. The molecule has 0 amide bonds. The second-order valence-electron chi connectivity index (χ2n) is 5.64. The third-order valence-corrected chi connectivity index (χ3v) is 4.06. The highest BCUT2D eigenvalue weighted by atomic mass is 35.5. The Morgan fingerprint density at radius 3 is 2.53 bits per heavy atom. The van der Waals surface area contributed by atoms with E-state index in [-0.39, 0.29) is 18.1 Å². The van der Waals surface area contributed by atoms with Crippen LogP contribution in [-0.2, 0) is 4.79 Å². The number of rotatable bonds is 5. The van der Waals surface area contributed by atoms with Gasteiger partial charge < -0.3 is 10.2 Å². The van der Waals surface area contributed by atoms with Crippen molar-refractivity contribution in [3.8, 4) is 5.75 Å². The maximum atomic E-state index is 11.0.